The summed E-state index contributed by atoms with van der Waals surface area (Å²) < 4.78 is 13.3. The maximum absolute atomic E-state index is 13.3. The van der Waals surface area contributed by atoms with E-state index in [1.807, 2.05) is 37.3 Å². The standard InChI is InChI=1S/C21H25ClFN3O/c1-16(21(27)24(2)15-17-6-5-7-18(23)14-17)25-10-12-26(13-11-25)20-9-4-3-8-19(20)22/h3-9,14,16H,10-13,15H2,1-2H3/t16-/m1/s1. The molecule has 1 aliphatic heterocycles. The summed E-state index contributed by atoms with van der Waals surface area (Å²) >= 11 is 6.29. The van der Waals surface area contributed by atoms with E-state index in [0.29, 0.717) is 6.54 Å². The summed E-state index contributed by atoms with van der Waals surface area (Å²) in [6.45, 7) is 5.60. The lowest BCUT2D eigenvalue weighted by atomic mass is 10.1. The third kappa shape index (κ3) is 4.79. The summed E-state index contributed by atoms with van der Waals surface area (Å²) in [4.78, 5) is 18.9. The average molecular weight is 390 g/mol. The fourth-order valence-corrected chi connectivity index (χ4v) is 3.78. The zero-order chi connectivity index (χ0) is 19.4. The Bertz CT molecular complexity index is 793. The molecule has 1 atom stereocenters. The number of benzene rings is 2. The van der Waals surface area contributed by atoms with E-state index >= 15 is 0 Å². The SMILES string of the molecule is C[C@H](C(=O)N(C)Cc1cccc(F)c1)N1CCN(c2ccccc2Cl)CC1. The molecule has 0 aromatic heterocycles. The van der Waals surface area contributed by atoms with E-state index in [0.717, 1.165) is 42.5 Å². The van der Waals surface area contributed by atoms with Crippen molar-refractivity contribution in [2.45, 2.75) is 19.5 Å². The van der Waals surface area contributed by atoms with Crippen LogP contribution in [0.3, 0.4) is 0 Å². The lowest BCUT2D eigenvalue weighted by Gasteiger charge is -2.39. The highest BCUT2D eigenvalue weighted by Gasteiger charge is 2.28. The van der Waals surface area contributed by atoms with Gasteiger partial charge in [0.25, 0.3) is 0 Å². The van der Waals surface area contributed by atoms with Crippen LogP contribution in [0.2, 0.25) is 5.02 Å². The van der Waals surface area contributed by atoms with Crippen LogP contribution in [0, 0.1) is 5.82 Å². The summed E-state index contributed by atoms with van der Waals surface area (Å²) in [6, 6.07) is 14.0. The summed E-state index contributed by atoms with van der Waals surface area (Å²) in [5, 5.41) is 0.755. The van der Waals surface area contributed by atoms with Crippen LogP contribution in [0.1, 0.15) is 12.5 Å². The van der Waals surface area contributed by atoms with Gasteiger partial charge in [0.15, 0.2) is 0 Å². The molecule has 1 fully saturated rings. The normalized spacial score (nSPS) is 16.2. The van der Waals surface area contributed by atoms with Crippen molar-refractivity contribution >= 4 is 23.2 Å². The molecular weight excluding hydrogens is 365 g/mol. The van der Waals surface area contributed by atoms with Gasteiger partial charge in [0.05, 0.1) is 16.8 Å². The molecule has 3 rings (SSSR count). The Balaban J connectivity index is 1.56. The summed E-state index contributed by atoms with van der Waals surface area (Å²) in [6.07, 6.45) is 0. The van der Waals surface area contributed by atoms with E-state index in [4.69, 9.17) is 11.6 Å². The van der Waals surface area contributed by atoms with E-state index in [9.17, 15) is 9.18 Å². The number of hydrogen-bond donors (Lipinski definition) is 0. The molecule has 27 heavy (non-hydrogen) atoms. The molecule has 6 heteroatoms. The van der Waals surface area contributed by atoms with Gasteiger partial charge in [-0.25, -0.2) is 4.39 Å². The first-order valence-corrected chi connectivity index (χ1v) is 9.56. The topological polar surface area (TPSA) is 26.8 Å². The number of halogens is 2. The number of likely N-dealkylation sites (N-methyl/N-ethyl adjacent to an activating group) is 1. The van der Waals surface area contributed by atoms with Gasteiger partial charge < -0.3 is 9.80 Å². The second kappa shape index (κ2) is 8.72. The zero-order valence-electron chi connectivity index (χ0n) is 15.7. The fraction of sp³-hybridized carbons (Fsp3) is 0.381. The summed E-state index contributed by atoms with van der Waals surface area (Å²) in [5.74, 6) is -0.234. The quantitative estimate of drug-likeness (QED) is 0.781. The number of hydrogen-bond acceptors (Lipinski definition) is 3. The number of para-hydroxylation sites is 1. The zero-order valence-corrected chi connectivity index (χ0v) is 16.5. The number of rotatable bonds is 5. The van der Waals surface area contributed by atoms with Crippen LogP contribution in [-0.2, 0) is 11.3 Å². The molecule has 4 nitrogen and oxygen atoms in total. The molecule has 0 saturated carbocycles. The summed E-state index contributed by atoms with van der Waals surface area (Å²) in [7, 11) is 1.77. The molecule has 2 aromatic carbocycles. The molecular formula is C21H25ClFN3O. The lowest BCUT2D eigenvalue weighted by Crippen LogP contribution is -2.54. The highest BCUT2D eigenvalue weighted by molar-refractivity contribution is 6.33. The fourth-order valence-electron chi connectivity index (χ4n) is 3.52. The third-order valence-electron chi connectivity index (χ3n) is 5.10. The minimum atomic E-state index is -0.280. The van der Waals surface area contributed by atoms with Gasteiger partial charge in [-0.05, 0) is 36.8 Å². The van der Waals surface area contributed by atoms with Gasteiger partial charge in [-0.15, -0.1) is 0 Å². The van der Waals surface area contributed by atoms with Crippen molar-refractivity contribution in [3.63, 3.8) is 0 Å². The van der Waals surface area contributed by atoms with Gasteiger partial charge in [0.1, 0.15) is 5.82 Å². The molecule has 0 N–H and O–H groups in total. The molecule has 144 valence electrons. The number of amides is 1. The minimum Gasteiger partial charge on any atom is -0.368 e. The van der Waals surface area contributed by atoms with Crippen molar-refractivity contribution in [3.8, 4) is 0 Å². The van der Waals surface area contributed by atoms with Gasteiger partial charge in [0, 0.05) is 39.8 Å². The Morgan fingerprint density at radius 2 is 1.85 bits per heavy atom. The van der Waals surface area contributed by atoms with E-state index < -0.39 is 0 Å². The molecule has 1 saturated heterocycles. The van der Waals surface area contributed by atoms with Gasteiger partial charge in [0.2, 0.25) is 5.91 Å². The van der Waals surface area contributed by atoms with Crippen molar-refractivity contribution < 1.29 is 9.18 Å². The average Bonchev–Trinajstić information content (AvgIpc) is 2.67. The first-order chi connectivity index (χ1) is 13.0. The largest absolute Gasteiger partial charge is 0.368 e. The molecule has 0 aliphatic carbocycles. The smallest absolute Gasteiger partial charge is 0.239 e. The van der Waals surface area contributed by atoms with Gasteiger partial charge in [-0.3, -0.25) is 9.69 Å². The maximum atomic E-state index is 13.3. The Kier molecular flexibility index (Phi) is 6.34. The summed E-state index contributed by atoms with van der Waals surface area (Å²) in [5.41, 5.74) is 1.84. The van der Waals surface area contributed by atoms with Crippen molar-refractivity contribution in [3.05, 3.63) is 64.9 Å². The van der Waals surface area contributed by atoms with Crippen LogP contribution in [0.15, 0.2) is 48.5 Å². The molecule has 1 amide bonds. The van der Waals surface area contributed by atoms with Crippen LogP contribution in [0.4, 0.5) is 10.1 Å². The van der Waals surface area contributed by atoms with Crippen LogP contribution in [0.5, 0.6) is 0 Å². The first-order valence-electron chi connectivity index (χ1n) is 9.18. The lowest BCUT2D eigenvalue weighted by molar-refractivity contribution is -0.135. The first kappa shape index (κ1) is 19.6. The number of nitrogens with zero attached hydrogens (tertiary/aromatic N) is 3. The van der Waals surface area contributed by atoms with E-state index in [1.54, 1.807) is 18.0 Å². The Morgan fingerprint density at radius 3 is 2.52 bits per heavy atom. The van der Waals surface area contributed by atoms with Crippen molar-refractivity contribution in [1.29, 1.82) is 0 Å². The third-order valence-corrected chi connectivity index (χ3v) is 5.42. The van der Waals surface area contributed by atoms with Gasteiger partial charge in [-0.1, -0.05) is 35.9 Å². The van der Waals surface area contributed by atoms with Crippen LogP contribution in [0.25, 0.3) is 0 Å². The van der Waals surface area contributed by atoms with E-state index in [-0.39, 0.29) is 17.8 Å². The Labute approximate surface area is 165 Å². The molecule has 1 heterocycles. The van der Waals surface area contributed by atoms with Crippen LogP contribution in [-0.4, -0.2) is 55.0 Å². The Hall–Kier alpha value is -2.11. The number of carbonyl (C=O) groups is 1. The molecule has 0 bridgehead atoms. The monoisotopic (exact) mass is 389 g/mol. The van der Waals surface area contributed by atoms with E-state index in [1.165, 1.54) is 12.1 Å². The second-order valence-corrected chi connectivity index (χ2v) is 7.38. The minimum absolute atomic E-state index is 0.0467. The number of anilines is 1. The van der Waals surface area contributed by atoms with Crippen molar-refractivity contribution in [2.24, 2.45) is 0 Å². The molecule has 0 radical (unpaired) electrons. The van der Waals surface area contributed by atoms with Crippen molar-refractivity contribution in [1.82, 2.24) is 9.80 Å². The molecule has 0 spiro atoms. The second-order valence-electron chi connectivity index (χ2n) is 6.97. The van der Waals surface area contributed by atoms with E-state index in [2.05, 4.69) is 9.80 Å². The highest BCUT2D eigenvalue weighted by Crippen LogP contribution is 2.26. The highest BCUT2D eigenvalue weighted by atomic mass is 35.5. The Morgan fingerprint density at radius 1 is 1.15 bits per heavy atom. The molecule has 2 aromatic rings. The molecule has 0 unspecified atom stereocenters. The maximum Gasteiger partial charge on any atom is 0.239 e. The predicted octanol–water partition coefficient (Wildman–Crippen LogP) is 3.65. The van der Waals surface area contributed by atoms with Crippen LogP contribution >= 0.6 is 11.6 Å². The number of carbonyl (C=O) groups excluding carboxylic acids is 1. The van der Waals surface area contributed by atoms with Gasteiger partial charge >= 0.3 is 0 Å². The molecule has 1 aliphatic rings. The number of piperazine rings is 1. The predicted molar refractivity (Wildman–Crippen MR) is 108 cm³/mol. The van der Waals surface area contributed by atoms with Gasteiger partial charge in [-0.2, -0.15) is 0 Å². The van der Waals surface area contributed by atoms with Crippen LogP contribution < -0.4 is 4.90 Å². The van der Waals surface area contributed by atoms with Crippen molar-refractivity contribution in [2.75, 3.05) is 38.1 Å².